The van der Waals surface area contributed by atoms with Crippen LogP contribution in [0.1, 0.15) is 44.6 Å². The van der Waals surface area contributed by atoms with Crippen molar-refractivity contribution in [3.63, 3.8) is 0 Å². The van der Waals surface area contributed by atoms with Crippen LogP contribution in [-0.4, -0.2) is 23.4 Å². The van der Waals surface area contributed by atoms with Crippen molar-refractivity contribution in [2.24, 2.45) is 5.10 Å². The van der Waals surface area contributed by atoms with Crippen LogP contribution in [0.5, 0.6) is 0 Å². The third kappa shape index (κ3) is 3.55. The largest absolute Gasteiger partial charge is 0.377 e. The number of nitrogens with zero attached hydrogens (tertiary/aromatic N) is 2. The number of hydrogen-bond acceptors (Lipinski definition) is 2. The molecule has 1 unspecified atom stereocenters. The standard InChI is InChI=1S/C18H25FN3/c1-2-22(13-15-7-6-8-16(19)11-15)14-18(12-20-22)21-17-9-4-3-5-10-17/h6-8,11-12,14,17,21H,2-5,9-10,13H2,1H3/q+1. The monoisotopic (exact) mass is 302 g/mol. The van der Waals surface area contributed by atoms with E-state index in [1.54, 1.807) is 12.1 Å². The van der Waals surface area contributed by atoms with E-state index in [1.165, 1.54) is 38.2 Å². The Morgan fingerprint density at radius 2 is 2.09 bits per heavy atom. The number of benzene rings is 1. The molecule has 4 heteroatoms. The van der Waals surface area contributed by atoms with Crippen LogP contribution in [0.15, 0.2) is 41.3 Å². The Bertz CT molecular complexity index is 575. The minimum absolute atomic E-state index is 0.181. The van der Waals surface area contributed by atoms with Crippen molar-refractivity contribution in [3.05, 3.63) is 47.5 Å². The van der Waals surface area contributed by atoms with E-state index in [2.05, 4.69) is 18.4 Å². The smallest absolute Gasteiger partial charge is 0.148 e. The van der Waals surface area contributed by atoms with Gasteiger partial charge in [-0.25, -0.2) is 4.39 Å². The van der Waals surface area contributed by atoms with E-state index in [9.17, 15) is 4.39 Å². The normalized spacial score (nSPS) is 25.3. The average molecular weight is 302 g/mol. The van der Waals surface area contributed by atoms with Gasteiger partial charge in [0.05, 0.1) is 0 Å². The Morgan fingerprint density at radius 3 is 2.82 bits per heavy atom. The molecule has 118 valence electrons. The summed E-state index contributed by atoms with van der Waals surface area (Å²) in [5, 5.41) is 8.32. The first-order valence-corrected chi connectivity index (χ1v) is 8.35. The van der Waals surface area contributed by atoms with Gasteiger partial charge >= 0.3 is 0 Å². The maximum Gasteiger partial charge on any atom is 0.148 e. The van der Waals surface area contributed by atoms with E-state index in [0.29, 0.717) is 17.2 Å². The van der Waals surface area contributed by atoms with Crippen LogP contribution in [0.4, 0.5) is 4.39 Å². The molecule has 0 bridgehead atoms. The van der Waals surface area contributed by atoms with Gasteiger partial charge in [0.1, 0.15) is 37.0 Å². The molecule has 1 heterocycles. The summed E-state index contributed by atoms with van der Waals surface area (Å²) in [5.74, 6) is -0.181. The Balaban J connectivity index is 1.69. The predicted octanol–water partition coefficient (Wildman–Crippen LogP) is 3.93. The minimum Gasteiger partial charge on any atom is -0.377 e. The Labute approximate surface area is 132 Å². The molecular formula is C18H25FN3+. The maximum atomic E-state index is 13.4. The van der Waals surface area contributed by atoms with E-state index in [0.717, 1.165) is 17.8 Å². The molecule has 1 aliphatic carbocycles. The van der Waals surface area contributed by atoms with Gasteiger partial charge in [0.15, 0.2) is 0 Å². The van der Waals surface area contributed by atoms with E-state index in [1.807, 2.05) is 12.3 Å². The summed E-state index contributed by atoms with van der Waals surface area (Å²) in [7, 11) is 0. The Morgan fingerprint density at radius 1 is 1.27 bits per heavy atom. The lowest BCUT2D eigenvalue weighted by Crippen LogP contribution is -2.35. The molecule has 1 aliphatic heterocycles. The van der Waals surface area contributed by atoms with Crippen LogP contribution in [0.3, 0.4) is 0 Å². The van der Waals surface area contributed by atoms with Crippen molar-refractivity contribution in [1.82, 2.24) is 5.32 Å². The summed E-state index contributed by atoms with van der Waals surface area (Å²) >= 11 is 0. The second kappa shape index (κ2) is 6.61. The van der Waals surface area contributed by atoms with E-state index in [-0.39, 0.29) is 5.82 Å². The van der Waals surface area contributed by atoms with Crippen molar-refractivity contribution >= 4 is 6.21 Å². The van der Waals surface area contributed by atoms with Gasteiger partial charge in [-0.05, 0) is 31.9 Å². The first kappa shape index (κ1) is 15.2. The summed E-state index contributed by atoms with van der Waals surface area (Å²) in [4.78, 5) is 0. The second-order valence-corrected chi connectivity index (χ2v) is 6.40. The van der Waals surface area contributed by atoms with Crippen LogP contribution < -0.4 is 5.32 Å². The molecule has 0 saturated heterocycles. The van der Waals surface area contributed by atoms with Crippen LogP contribution in [0.25, 0.3) is 0 Å². The lowest BCUT2D eigenvalue weighted by Gasteiger charge is -2.25. The molecule has 0 amide bonds. The summed E-state index contributed by atoms with van der Waals surface area (Å²) < 4.78 is 13.9. The highest BCUT2D eigenvalue weighted by Gasteiger charge is 2.30. The van der Waals surface area contributed by atoms with Crippen LogP contribution in [0, 0.1) is 5.82 Å². The van der Waals surface area contributed by atoms with Gasteiger partial charge in [-0.1, -0.05) is 36.5 Å². The molecule has 1 aromatic rings. The van der Waals surface area contributed by atoms with Crippen LogP contribution >= 0.6 is 0 Å². The van der Waals surface area contributed by atoms with Crippen molar-refractivity contribution < 1.29 is 8.98 Å². The first-order chi connectivity index (χ1) is 10.7. The molecule has 1 fully saturated rings. The fourth-order valence-corrected chi connectivity index (χ4v) is 3.38. The molecule has 1 saturated carbocycles. The summed E-state index contributed by atoms with van der Waals surface area (Å²) in [6.07, 6.45) is 10.6. The third-order valence-corrected chi connectivity index (χ3v) is 4.68. The molecule has 0 radical (unpaired) electrons. The first-order valence-electron chi connectivity index (χ1n) is 8.35. The van der Waals surface area contributed by atoms with Crippen molar-refractivity contribution in [1.29, 1.82) is 0 Å². The second-order valence-electron chi connectivity index (χ2n) is 6.40. The number of hydrogen-bond donors (Lipinski definition) is 1. The topological polar surface area (TPSA) is 24.4 Å². The fraction of sp³-hybridized carbons (Fsp3) is 0.500. The molecule has 1 aromatic carbocycles. The molecule has 2 aliphatic rings. The molecule has 0 aromatic heterocycles. The molecule has 1 N–H and O–H groups in total. The molecular weight excluding hydrogens is 277 g/mol. The van der Waals surface area contributed by atoms with Crippen LogP contribution in [-0.2, 0) is 6.54 Å². The highest BCUT2D eigenvalue weighted by molar-refractivity contribution is 5.78. The van der Waals surface area contributed by atoms with Crippen molar-refractivity contribution in [3.8, 4) is 0 Å². The van der Waals surface area contributed by atoms with Crippen LogP contribution in [0.2, 0.25) is 0 Å². The highest BCUT2D eigenvalue weighted by atomic mass is 19.1. The number of nitrogens with one attached hydrogen (secondary N) is 1. The highest BCUT2D eigenvalue weighted by Crippen LogP contribution is 2.24. The van der Waals surface area contributed by atoms with Gasteiger partial charge in [-0.2, -0.15) is 4.59 Å². The lowest BCUT2D eigenvalue weighted by atomic mass is 9.95. The van der Waals surface area contributed by atoms with E-state index >= 15 is 0 Å². The number of rotatable bonds is 5. The number of halogens is 1. The molecule has 1 atom stereocenters. The number of quaternary nitrogens is 1. The summed E-state index contributed by atoms with van der Waals surface area (Å²) in [6, 6.07) is 7.40. The van der Waals surface area contributed by atoms with Gasteiger partial charge in [-0.15, -0.1) is 0 Å². The molecule has 0 spiro atoms. The van der Waals surface area contributed by atoms with Gasteiger partial charge < -0.3 is 5.32 Å². The van der Waals surface area contributed by atoms with Gasteiger partial charge in [-0.3, -0.25) is 0 Å². The maximum absolute atomic E-state index is 13.4. The Hall–Kier alpha value is -1.68. The minimum atomic E-state index is -0.181. The Kier molecular flexibility index (Phi) is 4.57. The molecule has 22 heavy (non-hydrogen) atoms. The predicted molar refractivity (Wildman–Crippen MR) is 87.5 cm³/mol. The van der Waals surface area contributed by atoms with Gasteiger partial charge in [0, 0.05) is 11.6 Å². The summed E-state index contributed by atoms with van der Waals surface area (Å²) in [6.45, 7) is 3.68. The van der Waals surface area contributed by atoms with Gasteiger partial charge in [0.2, 0.25) is 0 Å². The fourth-order valence-electron chi connectivity index (χ4n) is 3.38. The van der Waals surface area contributed by atoms with Crippen molar-refractivity contribution in [2.75, 3.05) is 6.54 Å². The third-order valence-electron chi connectivity index (χ3n) is 4.68. The lowest BCUT2D eigenvalue weighted by molar-refractivity contribution is -0.895. The van der Waals surface area contributed by atoms with Crippen molar-refractivity contribution in [2.45, 2.75) is 51.6 Å². The van der Waals surface area contributed by atoms with Gasteiger partial charge in [0.25, 0.3) is 0 Å². The SMILES string of the molecule is CC[N+]1(Cc2cccc(F)c2)C=C(NC2CCCCC2)C=N1. The van der Waals surface area contributed by atoms with E-state index in [4.69, 9.17) is 5.10 Å². The van der Waals surface area contributed by atoms with E-state index < -0.39 is 0 Å². The zero-order valence-electron chi connectivity index (χ0n) is 13.3. The zero-order valence-corrected chi connectivity index (χ0v) is 13.3. The average Bonchev–Trinajstić information content (AvgIpc) is 2.92. The summed E-state index contributed by atoms with van der Waals surface area (Å²) in [5.41, 5.74) is 2.10. The molecule has 3 nitrogen and oxygen atoms in total. The zero-order chi connectivity index (χ0) is 15.4. The molecule has 3 rings (SSSR count). The quantitative estimate of drug-likeness (QED) is 0.819. The number of allylic oxidation sites excluding steroid dienone is 1.